The van der Waals surface area contributed by atoms with Crippen LogP contribution in [0.1, 0.15) is 27.7 Å². The third kappa shape index (κ3) is 5.07. The van der Waals surface area contributed by atoms with E-state index < -0.39 is 0 Å². The molecule has 1 unspecified atom stereocenters. The van der Waals surface area contributed by atoms with E-state index in [1.165, 1.54) is 29.5 Å². The van der Waals surface area contributed by atoms with E-state index >= 15 is 0 Å². The highest BCUT2D eigenvalue weighted by atomic mass is 32.1. The molecule has 0 aliphatic carbocycles. The first kappa shape index (κ1) is 19.7. The highest BCUT2D eigenvalue weighted by molar-refractivity contribution is 7.10. The van der Waals surface area contributed by atoms with Crippen molar-refractivity contribution >= 4 is 23.3 Å². The predicted octanol–water partition coefficient (Wildman–Crippen LogP) is 4.45. The van der Waals surface area contributed by atoms with Crippen molar-refractivity contribution in [2.24, 2.45) is 0 Å². The monoisotopic (exact) mass is 418 g/mol. The van der Waals surface area contributed by atoms with Gasteiger partial charge in [0.05, 0.1) is 18.8 Å². The second-order valence-electron chi connectivity index (χ2n) is 6.67. The number of benzene rings is 2. The van der Waals surface area contributed by atoms with Crippen molar-refractivity contribution in [1.29, 1.82) is 0 Å². The lowest BCUT2D eigenvalue weighted by molar-refractivity contribution is -0.116. The van der Waals surface area contributed by atoms with Crippen molar-refractivity contribution in [3.8, 4) is 0 Å². The second-order valence-corrected chi connectivity index (χ2v) is 7.65. The molecule has 0 aliphatic rings. The van der Waals surface area contributed by atoms with E-state index in [2.05, 4.69) is 15.6 Å². The highest BCUT2D eigenvalue weighted by Gasteiger charge is 2.17. The Morgan fingerprint density at radius 3 is 2.63 bits per heavy atom. The zero-order chi connectivity index (χ0) is 20.8. The van der Waals surface area contributed by atoms with E-state index in [1.54, 1.807) is 29.1 Å². The maximum absolute atomic E-state index is 13.3. The number of carbonyl (C=O) groups is 1. The molecule has 4 rings (SSSR count). The topological polar surface area (TPSA) is 59.8 Å². The molecule has 2 aromatic carbocycles. The molecule has 0 spiro atoms. The van der Waals surface area contributed by atoms with Gasteiger partial charge in [0, 0.05) is 11.0 Å². The number of aromatic nitrogens is 3. The Morgan fingerprint density at radius 2 is 1.90 bits per heavy atom. The van der Waals surface area contributed by atoms with Crippen molar-refractivity contribution in [3.05, 3.63) is 112 Å². The molecule has 0 aliphatic heterocycles. The summed E-state index contributed by atoms with van der Waals surface area (Å²) in [4.78, 5) is 13.5. The molecule has 30 heavy (non-hydrogen) atoms. The summed E-state index contributed by atoms with van der Waals surface area (Å²) in [6.07, 6.45) is 4.84. The standard InChI is InChI=1S/C23H19FN4OS/c24-19-10-8-18(9-11-19)23(21-7-4-14-30-21)25-22(29)13-12-20-16-28(27-26-20)15-17-5-2-1-3-6-17/h1-14,16,23H,15H2,(H,25,29)/b13-12+. The SMILES string of the molecule is O=C(/C=C/c1cn(Cc2ccccc2)nn1)NC(c1ccc(F)cc1)c1cccs1. The molecule has 1 atom stereocenters. The van der Waals surface area contributed by atoms with Crippen molar-refractivity contribution in [3.63, 3.8) is 0 Å². The number of nitrogens with one attached hydrogen (secondary N) is 1. The zero-order valence-corrected chi connectivity index (χ0v) is 16.8. The fraction of sp³-hybridized carbons (Fsp3) is 0.0870. The van der Waals surface area contributed by atoms with E-state index in [0.29, 0.717) is 12.2 Å². The number of rotatable bonds is 7. The van der Waals surface area contributed by atoms with Crippen LogP contribution >= 0.6 is 11.3 Å². The Kier molecular flexibility index (Phi) is 6.10. The van der Waals surface area contributed by atoms with Gasteiger partial charge < -0.3 is 5.32 Å². The number of amides is 1. The molecule has 2 aromatic heterocycles. The van der Waals surface area contributed by atoms with Crippen molar-refractivity contribution in [1.82, 2.24) is 20.3 Å². The molecule has 0 saturated heterocycles. The maximum Gasteiger partial charge on any atom is 0.244 e. The highest BCUT2D eigenvalue weighted by Crippen LogP contribution is 2.26. The van der Waals surface area contributed by atoms with Gasteiger partial charge in [0.15, 0.2) is 0 Å². The fourth-order valence-corrected chi connectivity index (χ4v) is 3.82. The number of thiophene rings is 1. The molecular formula is C23H19FN4OS. The first-order chi connectivity index (χ1) is 14.7. The first-order valence-corrected chi connectivity index (χ1v) is 10.3. The third-order valence-corrected chi connectivity index (χ3v) is 5.40. The molecule has 0 saturated carbocycles. The first-order valence-electron chi connectivity index (χ1n) is 9.39. The molecule has 2 heterocycles. The van der Waals surface area contributed by atoms with E-state index in [1.807, 2.05) is 47.8 Å². The maximum atomic E-state index is 13.3. The second kappa shape index (κ2) is 9.28. The molecule has 1 N–H and O–H groups in total. The van der Waals surface area contributed by atoms with Gasteiger partial charge in [-0.05, 0) is 40.8 Å². The summed E-state index contributed by atoms with van der Waals surface area (Å²) in [6, 6.07) is 19.6. The third-order valence-electron chi connectivity index (χ3n) is 4.47. The van der Waals surface area contributed by atoms with Crippen LogP contribution < -0.4 is 5.32 Å². The smallest absolute Gasteiger partial charge is 0.244 e. The molecule has 0 bridgehead atoms. The summed E-state index contributed by atoms with van der Waals surface area (Å²) in [5.41, 5.74) is 2.53. The number of hydrogen-bond acceptors (Lipinski definition) is 4. The van der Waals surface area contributed by atoms with Crippen molar-refractivity contribution in [2.75, 3.05) is 0 Å². The summed E-state index contributed by atoms with van der Waals surface area (Å²) < 4.78 is 15.0. The summed E-state index contributed by atoms with van der Waals surface area (Å²) in [6.45, 7) is 0.610. The van der Waals surface area contributed by atoms with Gasteiger partial charge in [0.25, 0.3) is 0 Å². The number of carbonyl (C=O) groups excluding carboxylic acids is 1. The Balaban J connectivity index is 1.43. The Labute approximate surface area is 177 Å². The molecule has 4 aromatic rings. The van der Waals surface area contributed by atoms with Crippen LogP contribution in [0.4, 0.5) is 4.39 Å². The van der Waals surface area contributed by atoms with Crippen LogP contribution in [-0.4, -0.2) is 20.9 Å². The van der Waals surface area contributed by atoms with Gasteiger partial charge in [0.2, 0.25) is 5.91 Å². The van der Waals surface area contributed by atoms with Gasteiger partial charge in [-0.15, -0.1) is 16.4 Å². The van der Waals surface area contributed by atoms with Crippen LogP contribution in [-0.2, 0) is 11.3 Å². The molecule has 5 nitrogen and oxygen atoms in total. The quantitative estimate of drug-likeness (QED) is 0.451. The van der Waals surface area contributed by atoms with Gasteiger partial charge in [-0.25, -0.2) is 9.07 Å². The predicted molar refractivity (Wildman–Crippen MR) is 115 cm³/mol. The minimum Gasteiger partial charge on any atom is -0.341 e. The van der Waals surface area contributed by atoms with Gasteiger partial charge >= 0.3 is 0 Å². The summed E-state index contributed by atoms with van der Waals surface area (Å²) in [7, 11) is 0. The minimum absolute atomic E-state index is 0.268. The van der Waals surface area contributed by atoms with Crippen molar-refractivity contribution < 1.29 is 9.18 Å². The Bertz CT molecular complexity index is 1120. The summed E-state index contributed by atoms with van der Waals surface area (Å²) >= 11 is 1.53. The lowest BCUT2D eigenvalue weighted by Gasteiger charge is -2.17. The Morgan fingerprint density at radius 1 is 1.10 bits per heavy atom. The molecule has 0 fully saturated rings. The summed E-state index contributed by atoms with van der Waals surface area (Å²) in [5.74, 6) is -0.580. The molecule has 7 heteroatoms. The van der Waals surface area contributed by atoms with Gasteiger partial charge in [0.1, 0.15) is 11.5 Å². The average Bonchev–Trinajstić information content (AvgIpc) is 3.44. The van der Waals surface area contributed by atoms with E-state index in [0.717, 1.165) is 16.0 Å². The minimum atomic E-state index is -0.350. The molecular weight excluding hydrogens is 399 g/mol. The van der Waals surface area contributed by atoms with Crippen molar-refractivity contribution in [2.45, 2.75) is 12.6 Å². The van der Waals surface area contributed by atoms with Crippen LogP contribution in [0.5, 0.6) is 0 Å². The fourth-order valence-electron chi connectivity index (χ4n) is 3.02. The van der Waals surface area contributed by atoms with Crippen LogP contribution in [0, 0.1) is 5.82 Å². The van der Waals surface area contributed by atoms with Crippen LogP contribution in [0.2, 0.25) is 0 Å². The molecule has 0 radical (unpaired) electrons. The van der Waals surface area contributed by atoms with Crippen LogP contribution in [0.3, 0.4) is 0 Å². The normalized spacial score (nSPS) is 12.2. The van der Waals surface area contributed by atoms with Crippen LogP contribution in [0.15, 0.2) is 84.4 Å². The van der Waals surface area contributed by atoms with Gasteiger partial charge in [-0.2, -0.15) is 0 Å². The molecule has 1 amide bonds. The average molecular weight is 418 g/mol. The number of nitrogens with zero attached hydrogens (tertiary/aromatic N) is 3. The summed E-state index contributed by atoms with van der Waals surface area (Å²) in [5, 5.41) is 13.1. The lowest BCUT2D eigenvalue weighted by Crippen LogP contribution is -2.27. The number of hydrogen-bond donors (Lipinski definition) is 1. The number of halogens is 1. The van der Waals surface area contributed by atoms with E-state index in [9.17, 15) is 9.18 Å². The van der Waals surface area contributed by atoms with E-state index in [4.69, 9.17) is 0 Å². The van der Waals surface area contributed by atoms with Crippen LogP contribution in [0.25, 0.3) is 6.08 Å². The zero-order valence-electron chi connectivity index (χ0n) is 16.0. The van der Waals surface area contributed by atoms with E-state index in [-0.39, 0.29) is 17.8 Å². The largest absolute Gasteiger partial charge is 0.341 e. The van der Waals surface area contributed by atoms with Gasteiger partial charge in [-0.3, -0.25) is 4.79 Å². The molecule has 150 valence electrons. The van der Waals surface area contributed by atoms with Gasteiger partial charge in [-0.1, -0.05) is 53.7 Å². The Hall–Kier alpha value is -3.58. The lowest BCUT2D eigenvalue weighted by atomic mass is 10.1.